The molecule has 2 rings (SSSR count). The molecule has 0 radical (unpaired) electrons. The highest BCUT2D eigenvalue weighted by molar-refractivity contribution is 5.92. The smallest absolute Gasteiger partial charge is 0.224 e. The highest BCUT2D eigenvalue weighted by Gasteiger charge is 2.14. The fourth-order valence-electron chi connectivity index (χ4n) is 2.61. The molecule has 0 bridgehead atoms. The summed E-state index contributed by atoms with van der Waals surface area (Å²) in [6.07, 6.45) is 0.317. The first-order valence-corrected chi connectivity index (χ1v) is 8.36. The number of hydrogen-bond donors (Lipinski definition) is 1. The second-order valence-electron chi connectivity index (χ2n) is 5.72. The molecule has 0 aliphatic carbocycles. The summed E-state index contributed by atoms with van der Waals surface area (Å²) in [4.78, 5) is 25.6. The van der Waals surface area contributed by atoms with Gasteiger partial charge in [0.2, 0.25) is 11.8 Å². The van der Waals surface area contributed by atoms with E-state index in [1.807, 2.05) is 30.3 Å². The Labute approximate surface area is 153 Å². The largest absolute Gasteiger partial charge is 0.493 e. The van der Waals surface area contributed by atoms with Gasteiger partial charge in [0.1, 0.15) is 0 Å². The summed E-state index contributed by atoms with van der Waals surface area (Å²) >= 11 is 0. The van der Waals surface area contributed by atoms with Crippen LogP contribution in [0.15, 0.2) is 48.5 Å². The molecule has 2 aromatic carbocycles. The van der Waals surface area contributed by atoms with Crippen molar-refractivity contribution >= 4 is 17.5 Å². The lowest BCUT2D eigenvalue weighted by Crippen LogP contribution is -2.38. The maximum absolute atomic E-state index is 12.0. The molecule has 0 aromatic heterocycles. The minimum absolute atomic E-state index is 0.0768. The minimum atomic E-state index is -0.116. The van der Waals surface area contributed by atoms with Gasteiger partial charge in [0.15, 0.2) is 11.5 Å². The lowest BCUT2D eigenvalue weighted by atomic mass is 10.1. The first kappa shape index (κ1) is 19.3. The van der Waals surface area contributed by atoms with Crippen molar-refractivity contribution in [2.24, 2.45) is 0 Å². The first-order chi connectivity index (χ1) is 12.5. The van der Waals surface area contributed by atoms with Gasteiger partial charge in [-0.15, -0.1) is 0 Å². The maximum atomic E-state index is 12.0. The minimum Gasteiger partial charge on any atom is -0.493 e. The van der Waals surface area contributed by atoms with Crippen LogP contribution >= 0.6 is 0 Å². The van der Waals surface area contributed by atoms with E-state index in [1.165, 1.54) is 6.92 Å². The summed E-state index contributed by atoms with van der Waals surface area (Å²) in [6, 6.07) is 14.8. The number of amides is 2. The van der Waals surface area contributed by atoms with E-state index >= 15 is 0 Å². The first-order valence-electron chi connectivity index (χ1n) is 8.36. The number of carbonyl (C=O) groups excluding carboxylic acids is 2. The number of rotatable bonds is 8. The number of ether oxygens (including phenoxy) is 2. The number of carbonyl (C=O) groups is 2. The van der Waals surface area contributed by atoms with Crippen molar-refractivity contribution in [1.29, 1.82) is 0 Å². The third-order valence-electron chi connectivity index (χ3n) is 3.92. The van der Waals surface area contributed by atoms with Gasteiger partial charge in [-0.05, 0) is 17.7 Å². The molecular weight excluding hydrogens is 332 g/mol. The Morgan fingerprint density at radius 3 is 2.31 bits per heavy atom. The molecule has 6 heteroatoms. The van der Waals surface area contributed by atoms with Crippen LogP contribution < -0.4 is 19.7 Å². The zero-order valence-corrected chi connectivity index (χ0v) is 15.3. The van der Waals surface area contributed by atoms with E-state index in [9.17, 15) is 9.59 Å². The molecule has 1 N–H and O–H groups in total. The number of benzene rings is 2. The second kappa shape index (κ2) is 9.46. The number of hydrogen-bond acceptors (Lipinski definition) is 4. The van der Waals surface area contributed by atoms with E-state index < -0.39 is 0 Å². The summed E-state index contributed by atoms with van der Waals surface area (Å²) in [5.74, 6) is 0.946. The van der Waals surface area contributed by atoms with Gasteiger partial charge in [-0.2, -0.15) is 0 Å². The lowest BCUT2D eigenvalue weighted by molar-refractivity contribution is -0.121. The summed E-state index contributed by atoms with van der Waals surface area (Å²) in [5, 5.41) is 2.85. The van der Waals surface area contributed by atoms with Gasteiger partial charge in [-0.3, -0.25) is 9.59 Å². The zero-order valence-electron chi connectivity index (χ0n) is 15.3. The van der Waals surface area contributed by atoms with Gasteiger partial charge in [0.05, 0.1) is 20.6 Å². The number of nitrogens with zero attached hydrogens (tertiary/aromatic N) is 1. The number of nitrogens with one attached hydrogen (secondary N) is 1. The average molecular weight is 356 g/mol. The van der Waals surface area contributed by atoms with Crippen molar-refractivity contribution in [2.45, 2.75) is 13.3 Å². The molecule has 0 heterocycles. The molecule has 0 saturated carbocycles. The van der Waals surface area contributed by atoms with Gasteiger partial charge < -0.3 is 19.7 Å². The molecule has 26 heavy (non-hydrogen) atoms. The molecule has 2 aromatic rings. The molecule has 0 aliphatic rings. The van der Waals surface area contributed by atoms with Gasteiger partial charge >= 0.3 is 0 Å². The molecule has 0 atom stereocenters. The summed E-state index contributed by atoms with van der Waals surface area (Å²) in [6.45, 7) is 2.22. The normalized spacial score (nSPS) is 10.1. The summed E-state index contributed by atoms with van der Waals surface area (Å²) < 4.78 is 10.5. The predicted octanol–water partition coefficient (Wildman–Crippen LogP) is 2.42. The van der Waals surface area contributed by atoms with Crippen LogP contribution in [-0.2, 0) is 16.0 Å². The molecule has 0 fully saturated rings. The van der Waals surface area contributed by atoms with Crippen molar-refractivity contribution < 1.29 is 19.1 Å². The summed E-state index contributed by atoms with van der Waals surface area (Å²) in [7, 11) is 3.10. The highest BCUT2D eigenvalue weighted by Crippen LogP contribution is 2.31. The SMILES string of the molecule is COc1ccc(N(CCNC(=O)Cc2ccccc2)C(C)=O)cc1OC. The topological polar surface area (TPSA) is 67.9 Å². The van der Waals surface area contributed by atoms with Crippen LogP contribution in [0.2, 0.25) is 0 Å². The van der Waals surface area contributed by atoms with E-state index in [4.69, 9.17) is 9.47 Å². The number of anilines is 1. The van der Waals surface area contributed by atoms with Crippen LogP contribution in [0.5, 0.6) is 11.5 Å². The van der Waals surface area contributed by atoms with Crippen molar-refractivity contribution in [1.82, 2.24) is 5.32 Å². The average Bonchev–Trinajstić information content (AvgIpc) is 2.65. The Hall–Kier alpha value is -3.02. The van der Waals surface area contributed by atoms with Crippen molar-refractivity contribution in [3.63, 3.8) is 0 Å². The van der Waals surface area contributed by atoms with Gasteiger partial charge in [0.25, 0.3) is 0 Å². The third-order valence-corrected chi connectivity index (χ3v) is 3.92. The van der Waals surface area contributed by atoms with E-state index in [0.29, 0.717) is 36.7 Å². The molecule has 2 amide bonds. The van der Waals surface area contributed by atoms with Crippen LogP contribution in [0.3, 0.4) is 0 Å². The van der Waals surface area contributed by atoms with Gasteiger partial charge in [-0.25, -0.2) is 0 Å². The molecule has 0 aliphatic heterocycles. The van der Waals surface area contributed by atoms with Crippen LogP contribution in [0.1, 0.15) is 12.5 Å². The maximum Gasteiger partial charge on any atom is 0.224 e. The summed E-state index contributed by atoms with van der Waals surface area (Å²) in [5.41, 5.74) is 1.64. The van der Waals surface area contributed by atoms with E-state index in [2.05, 4.69) is 5.32 Å². The fourth-order valence-corrected chi connectivity index (χ4v) is 2.61. The van der Waals surface area contributed by atoms with Gasteiger partial charge in [0, 0.05) is 31.8 Å². The van der Waals surface area contributed by atoms with E-state index in [1.54, 1.807) is 37.3 Å². The molecule has 0 unspecified atom stereocenters. The third kappa shape index (κ3) is 5.24. The monoisotopic (exact) mass is 356 g/mol. The van der Waals surface area contributed by atoms with E-state index in [0.717, 1.165) is 5.56 Å². The van der Waals surface area contributed by atoms with Crippen molar-refractivity contribution in [3.05, 3.63) is 54.1 Å². The van der Waals surface area contributed by atoms with Crippen LogP contribution in [0.4, 0.5) is 5.69 Å². The molecular formula is C20H24N2O4. The van der Waals surface area contributed by atoms with Crippen molar-refractivity contribution in [2.75, 3.05) is 32.2 Å². The Morgan fingerprint density at radius 1 is 1.00 bits per heavy atom. The van der Waals surface area contributed by atoms with Crippen LogP contribution in [0, 0.1) is 0 Å². The van der Waals surface area contributed by atoms with E-state index in [-0.39, 0.29) is 11.8 Å². The molecule has 0 saturated heterocycles. The van der Waals surface area contributed by atoms with Crippen molar-refractivity contribution in [3.8, 4) is 11.5 Å². The van der Waals surface area contributed by atoms with Crippen LogP contribution in [-0.4, -0.2) is 39.1 Å². The number of methoxy groups -OCH3 is 2. The zero-order chi connectivity index (χ0) is 18.9. The quantitative estimate of drug-likeness (QED) is 0.789. The standard InChI is InChI=1S/C20H24N2O4/c1-15(23)22(17-9-10-18(25-2)19(14-17)26-3)12-11-21-20(24)13-16-7-5-4-6-8-16/h4-10,14H,11-13H2,1-3H3,(H,21,24). The Morgan fingerprint density at radius 2 is 1.69 bits per heavy atom. The Balaban J connectivity index is 1.96. The molecule has 138 valence electrons. The predicted molar refractivity (Wildman–Crippen MR) is 101 cm³/mol. The second-order valence-corrected chi connectivity index (χ2v) is 5.72. The van der Waals surface area contributed by atoms with Crippen LogP contribution in [0.25, 0.3) is 0 Å². The molecule has 6 nitrogen and oxygen atoms in total. The Bertz CT molecular complexity index is 747. The Kier molecular flexibility index (Phi) is 7.02. The molecule has 0 spiro atoms. The lowest BCUT2D eigenvalue weighted by Gasteiger charge is -2.22. The van der Waals surface area contributed by atoms with Gasteiger partial charge in [-0.1, -0.05) is 30.3 Å². The highest BCUT2D eigenvalue weighted by atomic mass is 16.5. The fraction of sp³-hybridized carbons (Fsp3) is 0.300.